The van der Waals surface area contributed by atoms with E-state index in [1.165, 1.54) is 0 Å². The Bertz CT molecular complexity index is 812. The number of anilines is 1. The van der Waals surface area contributed by atoms with Crippen LogP contribution in [0.3, 0.4) is 0 Å². The van der Waals surface area contributed by atoms with E-state index in [0.717, 1.165) is 55.7 Å². The number of aryl methyl sites for hydroxylation is 4. The van der Waals surface area contributed by atoms with Crippen LogP contribution in [0.4, 0.5) is 11.4 Å². The SMILES string of the molecule is Cc1cc(Br)cc(C)c1N1CC[N+](c2c(C)cc(Br)cc2C)=C1O. The van der Waals surface area contributed by atoms with Crippen molar-refractivity contribution >= 4 is 49.3 Å². The Balaban J connectivity index is 2.12. The molecule has 0 spiro atoms. The van der Waals surface area contributed by atoms with Crippen LogP contribution in [-0.2, 0) is 0 Å². The van der Waals surface area contributed by atoms with Gasteiger partial charge in [0.05, 0.1) is 0 Å². The average molecular weight is 453 g/mol. The lowest BCUT2D eigenvalue weighted by Gasteiger charge is -2.15. The van der Waals surface area contributed by atoms with Crippen LogP contribution in [0.5, 0.6) is 0 Å². The molecule has 0 fully saturated rings. The van der Waals surface area contributed by atoms with E-state index in [-0.39, 0.29) is 0 Å². The van der Waals surface area contributed by atoms with Crippen LogP contribution >= 0.6 is 31.9 Å². The van der Waals surface area contributed by atoms with Gasteiger partial charge < -0.3 is 5.11 Å². The molecule has 0 unspecified atom stereocenters. The summed E-state index contributed by atoms with van der Waals surface area (Å²) in [6.45, 7) is 9.87. The first-order chi connectivity index (χ1) is 11.3. The second kappa shape index (κ2) is 6.52. The summed E-state index contributed by atoms with van der Waals surface area (Å²) in [5.41, 5.74) is 6.79. The maximum Gasteiger partial charge on any atom is 0.454 e. The topological polar surface area (TPSA) is 26.5 Å². The van der Waals surface area contributed by atoms with Crippen molar-refractivity contribution in [2.75, 3.05) is 18.0 Å². The highest BCUT2D eigenvalue weighted by atomic mass is 79.9. The zero-order chi connectivity index (χ0) is 17.6. The Morgan fingerprint density at radius 1 is 0.875 bits per heavy atom. The zero-order valence-electron chi connectivity index (χ0n) is 14.3. The van der Waals surface area contributed by atoms with Gasteiger partial charge in [0.25, 0.3) is 0 Å². The van der Waals surface area contributed by atoms with E-state index >= 15 is 0 Å². The third-order valence-electron chi connectivity index (χ3n) is 4.48. The van der Waals surface area contributed by atoms with Gasteiger partial charge >= 0.3 is 6.02 Å². The van der Waals surface area contributed by atoms with Crippen molar-refractivity contribution in [2.24, 2.45) is 0 Å². The molecular weight excluding hydrogens is 432 g/mol. The van der Waals surface area contributed by atoms with E-state index in [1.54, 1.807) is 0 Å². The molecule has 0 saturated heterocycles. The molecule has 0 radical (unpaired) electrons. The number of aliphatic hydroxyl groups is 1. The number of rotatable bonds is 2. The van der Waals surface area contributed by atoms with Crippen LogP contribution < -0.4 is 4.90 Å². The summed E-state index contributed by atoms with van der Waals surface area (Å²) in [6, 6.07) is 8.67. The molecule has 0 aliphatic carbocycles. The maximum absolute atomic E-state index is 10.9. The van der Waals surface area contributed by atoms with Crippen LogP contribution in [0, 0.1) is 27.7 Å². The van der Waals surface area contributed by atoms with Gasteiger partial charge in [-0.05, 0) is 74.2 Å². The lowest BCUT2D eigenvalue weighted by Crippen LogP contribution is -2.29. The molecule has 1 aliphatic rings. The molecule has 24 heavy (non-hydrogen) atoms. The first-order valence-corrected chi connectivity index (χ1v) is 9.52. The van der Waals surface area contributed by atoms with Crippen molar-refractivity contribution in [3.8, 4) is 0 Å². The van der Waals surface area contributed by atoms with Gasteiger partial charge in [-0.1, -0.05) is 31.9 Å². The molecule has 126 valence electrons. The molecule has 1 aliphatic heterocycles. The molecule has 1 N–H and O–H groups in total. The second-order valence-corrected chi connectivity index (χ2v) is 8.21. The van der Waals surface area contributed by atoms with Crippen LogP contribution in [-0.4, -0.2) is 28.8 Å². The van der Waals surface area contributed by atoms with Gasteiger partial charge in [-0.15, -0.1) is 0 Å². The average Bonchev–Trinajstić information content (AvgIpc) is 2.79. The summed E-state index contributed by atoms with van der Waals surface area (Å²) in [5.74, 6) is 0. The standard InChI is InChI=1S/C19H20Br2N2O/c1-11-7-15(20)8-12(2)17(11)22-5-6-23(19(22)24)18-13(3)9-16(21)10-14(18)4/h7-10H,5-6H2,1-4H3/p+1. The van der Waals surface area contributed by atoms with Gasteiger partial charge in [-0.25, -0.2) is 0 Å². The molecule has 5 heteroatoms. The molecule has 0 atom stereocenters. The van der Waals surface area contributed by atoms with Gasteiger partial charge in [0, 0.05) is 8.95 Å². The van der Waals surface area contributed by atoms with Gasteiger partial charge in [-0.2, -0.15) is 9.48 Å². The summed E-state index contributed by atoms with van der Waals surface area (Å²) < 4.78 is 4.14. The van der Waals surface area contributed by atoms with Gasteiger partial charge in [0.15, 0.2) is 0 Å². The summed E-state index contributed by atoms with van der Waals surface area (Å²) >= 11 is 7.09. The normalized spacial score (nSPS) is 14.7. The van der Waals surface area contributed by atoms with Crippen molar-refractivity contribution < 1.29 is 9.68 Å². The fourth-order valence-electron chi connectivity index (χ4n) is 3.63. The Morgan fingerprint density at radius 3 is 1.83 bits per heavy atom. The Morgan fingerprint density at radius 2 is 1.33 bits per heavy atom. The highest BCUT2D eigenvalue weighted by Crippen LogP contribution is 2.33. The first kappa shape index (κ1) is 17.5. The van der Waals surface area contributed by atoms with Gasteiger partial charge in [0.2, 0.25) is 0 Å². The maximum atomic E-state index is 10.9. The Labute approximate surface area is 159 Å². The van der Waals surface area contributed by atoms with Crippen LogP contribution in [0.25, 0.3) is 0 Å². The lowest BCUT2D eigenvalue weighted by molar-refractivity contribution is -0.438. The highest BCUT2D eigenvalue weighted by Gasteiger charge is 2.36. The van der Waals surface area contributed by atoms with Crippen molar-refractivity contribution in [1.29, 1.82) is 0 Å². The number of benzene rings is 2. The third kappa shape index (κ3) is 3.00. The molecule has 0 amide bonds. The summed E-state index contributed by atoms with van der Waals surface area (Å²) in [6.07, 6.45) is 0. The lowest BCUT2D eigenvalue weighted by atomic mass is 10.1. The molecule has 3 rings (SSSR count). The smallest absolute Gasteiger partial charge is 0.446 e. The minimum Gasteiger partial charge on any atom is -0.446 e. The third-order valence-corrected chi connectivity index (χ3v) is 5.40. The monoisotopic (exact) mass is 451 g/mol. The summed E-state index contributed by atoms with van der Waals surface area (Å²) in [4.78, 5) is 2.01. The number of halogens is 2. The number of amidine groups is 1. The molecule has 1 heterocycles. The van der Waals surface area contributed by atoms with E-state index < -0.39 is 0 Å². The highest BCUT2D eigenvalue weighted by molar-refractivity contribution is 9.10. The number of hydrogen-bond acceptors (Lipinski definition) is 1. The predicted octanol–water partition coefficient (Wildman–Crippen LogP) is 5.52. The largest absolute Gasteiger partial charge is 0.454 e. The quantitative estimate of drug-likeness (QED) is 0.607. The summed E-state index contributed by atoms with van der Waals surface area (Å²) in [7, 11) is 0. The molecule has 2 aromatic carbocycles. The molecule has 2 aromatic rings. The van der Waals surface area contributed by atoms with Gasteiger partial charge in [-0.3, -0.25) is 0 Å². The number of nitrogens with zero attached hydrogens (tertiary/aromatic N) is 2. The number of aliphatic hydroxyl groups excluding tert-OH is 1. The van der Waals surface area contributed by atoms with E-state index in [0.29, 0.717) is 6.02 Å². The minimum atomic E-state index is 0.303. The van der Waals surface area contributed by atoms with Gasteiger partial charge in [0.1, 0.15) is 24.5 Å². The molecule has 0 aromatic heterocycles. The van der Waals surface area contributed by atoms with Crippen LogP contribution in [0.1, 0.15) is 22.3 Å². The van der Waals surface area contributed by atoms with E-state index in [1.807, 2.05) is 9.48 Å². The number of hydrogen-bond donors (Lipinski definition) is 1. The molecule has 0 bridgehead atoms. The predicted molar refractivity (Wildman–Crippen MR) is 107 cm³/mol. The Hall–Kier alpha value is -1.33. The molecule has 0 saturated carbocycles. The fraction of sp³-hybridized carbons (Fsp3) is 0.316. The van der Waals surface area contributed by atoms with E-state index in [9.17, 15) is 5.11 Å². The first-order valence-electron chi connectivity index (χ1n) is 7.94. The van der Waals surface area contributed by atoms with Crippen molar-refractivity contribution in [1.82, 2.24) is 0 Å². The van der Waals surface area contributed by atoms with Crippen molar-refractivity contribution in [2.45, 2.75) is 27.7 Å². The van der Waals surface area contributed by atoms with Crippen LogP contribution in [0.2, 0.25) is 0 Å². The van der Waals surface area contributed by atoms with E-state index in [4.69, 9.17) is 0 Å². The van der Waals surface area contributed by atoms with Crippen molar-refractivity contribution in [3.05, 3.63) is 55.5 Å². The fourth-order valence-corrected chi connectivity index (χ4v) is 5.00. The van der Waals surface area contributed by atoms with Crippen molar-refractivity contribution in [3.63, 3.8) is 0 Å². The minimum absolute atomic E-state index is 0.303. The Kier molecular flexibility index (Phi) is 4.76. The molecular formula is C19H21Br2N2O+. The zero-order valence-corrected chi connectivity index (χ0v) is 17.5. The summed E-state index contributed by atoms with van der Waals surface area (Å²) in [5, 5.41) is 10.9. The molecule has 3 nitrogen and oxygen atoms in total. The van der Waals surface area contributed by atoms with Crippen LogP contribution in [0.15, 0.2) is 33.2 Å². The second-order valence-electron chi connectivity index (χ2n) is 6.38. The van der Waals surface area contributed by atoms with E-state index in [2.05, 4.69) is 83.8 Å².